The Morgan fingerprint density at radius 3 is 2.75 bits per heavy atom. The average molecular weight is 288 g/mol. The quantitative estimate of drug-likeness (QED) is 0.771. The van der Waals surface area contributed by atoms with Crippen molar-refractivity contribution >= 4 is 11.3 Å². The Morgan fingerprint density at radius 2 is 2.05 bits per heavy atom. The predicted octanol–water partition coefficient (Wildman–Crippen LogP) is 3.55. The predicted molar refractivity (Wildman–Crippen MR) is 77.0 cm³/mol. The molecule has 0 aliphatic carbocycles. The summed E-state index contributed by atoms with van der Waals surface area (Å²) in [6.07, 6.45) is 1.54. The maximum Gasteiger partial charge on any atom is 0.123 e. The second kappa shape index (κ2) is 5.56. The number of H-pyrrole nitrogens is 1. The number of aliphatic hydroxyl groups excluding tert-OH is 1. The number of aliphatic hydroxyl groups is 1. The van der Waals surface area contributed by atoms with Gasteiger partial charge in [0.15, 0.2) is 0 Å². The fourth-order valence-corrected chi connectivity index (χ4v) is 2.87. The first-order valence-electron chi connectivity index (χ1n) is 6.23. The molecule has 0 saturated carbocycles. The van der Waals surface area contributed by atoms with Gasteiger partial charge in [-0.05, 0) is 35.7 Å². The van der Waals surface area contributed by atoms with Crippen LogP contribution in [0, 0.1) is 5.82 Å². The third-order valence-electron chi connectivity index (χ3n) is 3.14. The molecule has 5 heteroatoms. The number of aromatic amines is 1. The van der Waals surface area contributed by atoms with Crippen molar-refractivity contribution in [3.63, 3.8) is 0 Å². The Morgan fingerprint density at radius 1 is 1.25 bits per heavy atom. The number of nitrogens with one attached hydrogen (secondary N) is 1. The lowest BCUT2D eigenvalue weighted by molar-refractivity contribution is 0.180. The first-order chi connectivity index (χ1) is 9.74. The number of benzene rings is 1. The molecule has 0 spiro atoms. The molecule has 0 aliphatic rings. The Hall–Kier alpha value is -1.98. The lowest BCUT2D eigenvalue weighted by atomic mass is 10.0. The van der Waals surface area contributed by atoms with Crippen LogP contribution in [0.2, 0.25) is 0 Å². The molecule has 3 aromatic rings. The van der Waals surface area contributed by atoms with Gasteiger partial charge >= 0.3 is 0 Å². The molecule has 0 radical (unpaired) electrons. The van der Waals surface area contributed by atoms with Gasteiger partial charge in [0.05, 0.1) is 18.0 Å². The zero-order valence-corrected chi connectivity index (χ0v) is 11.4. The molecule has 2 heterocycles. The summed E-state index contributed by atoms with van der Waals surface area (Å²) in [4.78, 5) is 1.11. The Labute approximate surface area is 119 Å². The van der Waals surface area contributed by atoms with E-state index in [0.717, 1.165) is 21.7 Å². The van der Waals surface area contributed by atoms with Gasteiger partial charge < -0.3 is 5.11 Å². The van der Waals surface area contributed by atoms with Gasteiger partial charge in [0.25, 0.3) is 0 Å². The molecule has 1 aromatic carbocycles. The highest BCUT2D eigenvalue weighted by molar-refractivity contribution is 7.09. The summed E-state index contributed by atoms with van der Waals surface area (Å²) in [5.74, 6) is -0.283. The molecule has 0 saturated heterocycles. The summed E-state index contributed by atoms with van der Waals surface area (Å²) in [6, 6.07) is 10.1. The molecule has 0 bridgehead atoms. The van der Waals surface area contributed by atoms with E-state index in [1.807, 2.05) is 17.5 Å². The highest BCUT2D eigenvalue weighted by atomic mass is 32.1. The normalized spacial score (nSPS) is 12.5. The summed E-state index contributed by atoms with van der Waals surface area (Å²) >= 11 is 1.61. The second-order valence-electron chi connectivity index (χ2n) is 4.51. The van der Waals surface area contributed by atoms with E-state index in [1.165, 1.54) is 12.1 Å². The van der Waals surface area contributed by atoms with Crippen LogP contribution in [0.4, 0.5) is 4.39 Å². The molecule has 102 valence electrons. The van der Waals surface area contributed by atoms with Crippen LogP contribution in [0.5, 0.6) is 0 Å². The molecule has 1 atom stereocenters. The van der Waals surface area contributed by atoms with Crippen LogP contribution >= 0.6 is 11.3 Å². The summed E-state index contributed by atoms with van der Waals surface area (Å²) in [5.41, 5.74) is 2.27. The molecular weight excluding hydrogens is 275 g/mol. The van der Waals surface area contributed by atoms with Crippen LogP contribution in [0.1, 0.15) is 16.5 Å². The summed E-state index contributed by atoms with van der Waals surface area (Å²) in [5, 5.41) is 19.2. The molecule has 2 N–H and O–H groups in total. The SMILES string of the molecule is OC(Cc1cccs1)c1cn[nH]c1-c1ccc(F)cc1. The minimum atomic E-state index is -0.632. The van der Waals surface area contributed by atoms with Crippen LogP contribution in [0.3, 0.4) is 0 Å². The number of hydrogen-bond acceptors (Lipinski definition) is 3. The molecule has 20 heavy (non-hydrogen) atoms. The van der Waals surface area contributed by atoms with Crippen molar-refractivity contribution in [1.82, 2.24) is 10.2 Å². The van der Waals surface area contributed by atoms with Crippen LogP contribution < -0.4 is 0 Å². The minimum Gasteiger partial charge on any atom is -0.388 e. The van der Waals surface area contributed by atoms with Crippen molar-refractivity contribution in [3.8, 4) is 11.3 Å². The van der Waals surface area contributed by atoms with Crippen LogP contribution in [0.25, 0.3) is 11.3 Å². The summed E-state index contributed by atoms with van der Waals surface area (Å²) in [6.45, 7) is 0. The van der Waals surface area contributed by atoms with Crippen LogP contribution in [0.15, 0.2) is 48.0 Å². The molecule has 0 aliphatic heterocycles. The van der Waals surface area contributed by atoms with Gasteiger partial charge in [-0.3, -0.25) is 5.10 Å². The van der Waals surface area contributed by atoms with E-state index in [0.29, 0.717) is 6.42 Å². The topological polar surface area (TPSA) is 48.9 Å². The number of nitrogens with zero attached hydrogens (tertiary/aromatic N) is 1. The minimum absolute atomic E-state index is 0.283. The zero-order chi connectivity index (χ0) is 13.9. The van der Waals surface area contributed by atoms with E-state index in [4.69, 9.17) is 0 Å². The molecule has 3 rings (SSSR count). The molecule has 2 aromatic heterocycles. The lowest BCUT2D eigenvalue weighted by Gasteiger charge is -2.10. The molecule has 0 fully saturated rings. The number of halogens is 1. The van der Waals surface area contributed by atoms with Crippen molar-refractivity contribution in [2.45, 2.75) is 12.5 Å². The van der Waals surface area contributed by atoms with Crippen molar-refractivity contribution in [3.05, 3.63) is 64.2 Å². The third kappa shape index (κ3) is 2.64. The van der Waals surface area contributed by atoms with Gasteiger partial charge in [0, 0.05) is 22.4 Å². The van der Waals surface area contributed by atoms with Crippen LogP contribution in [-0.2, 0) is 6.42 Å². The molecule has 0 amide bonds. The van der Waals surface area contributed by atoms with E-state index in [9.17, 15) is 9.50 Å². The van der Waals surface area contributed by atoms with E-state index >= 15 is 0 Å². The van der Waals surface area contributed by atoms with E-state index in [1.54, 1.807) is 29.7 Å². The fourth-order valence-electron chi connectivity index (χ4n) is 2.13. The summed E-state index contributed by atoms with van der Waals surface area (Å²) < 4.78 is 13.0. The average Bonchev–Trinajstić information content (AvgIpc) is 3.10. The Balaban J connectivity index is 1.87. The van der Waals surface area contributed by atoms with Crippen molar-refractivity contribution < 1.29 is 9.50 Å². The first-order valence-corrected chi connectivity index (χ1v) is 7.11. The standard InChI is InChI=1S/C15H13FN2OS/c16-11-5-3-10(4-6-11)15-13(9-17-18-15)14(19)8-12-2-1-7-20-12/h1-7,9,14,19H,8H2,(H,17,18). The second-order valence-corrected chi connectivity index (χ2v) is 5.54. The van der Waals surface area contributed by atoms with Gasteiger partial charge in [0.1, 0.15) is 5.82 Å². The molecular formula is C15H13FN2OS. The van der Waals surface area contributed by atoms with Gasteiger partial charge in [0.2, 0.25) is 0 Å². The van der Waals surface area contributed by atoms with Gasteiger partial charge in [-0.15, -0.1) is 11.3 Å². The van der Waals surface area contributed by atoms with Crippen molar-refractivity contribution in [1.29, 1.82) is 0 Å². The number of aromatic nitrogens is 2. The summed E-state index contributed by atoms with van der Waals surface area (Å²) in [7, 11) is 0. The first kappa shape index (κ1) is 13.0. The lowest BCUT2D eigenvalue weighted by Crippen LogP contribution is -2.01. The van der Waals surface area contributed by atoms with E-state index in [-0.39, 0.29) is 5.82 Å². The number of thiophene rings is 1. The maximum atomic E-state index is 13.0. The third-order valence-corrected chi connectivity index (χ3v) is 4.03. The van der Waals surface area contributed by atoms with Crippen molar-refractivity contribution in [2.24, 2.45) is 0 Å². The van der Waals surface area contributed by atoms with Gasteiger partial charge in [-0.2, -0.15) is 5.10 Å². The number of rotatable bonds is 4. The van der Waals surface area contributed by atoms with Crippen LogP contribution in [-0.4, -0.2) is 15.3 Å². The highest BCUT2D eigenvalue weighted by Gasteiger charge is 2.16. The zero-order valence-electron chi connectivity index (χ0n) is 10.6. The van der Waals surface area contributed by atoms with Gasteiger partial charge in [-0.1, -0.05) is 6.07 Å². The highest BCUT2D eigenvalue weighted by Crippen LogP contribution is 2.29. The van der Waals surface area contributed by atoms with E-state index in [2.05, 4.69) is 10.2 Å². The number of hydrogen-bond donors (Lipinski definition) is 2. The fraction of sp³-hybridized carbons (Fsp3) is 0.133. The van der Waals surface area contributed by atoms with Crippen molar-refractivity contribution in [2.75, 3.05) is 0 Å². The largest absolute Gasteiger partial charge is 0.388 e. The van der Waals surface area contributed by atoms with E-state index < -0.39 is 6.10 Å². The molecule has 3 nitrogen and oxygen atoms in total. The Kier molecular flexibility index (Phi) is 3.62. The van der Waals surface area contributed by atoms with Gasteiger partial charge in [-0.25, -0.2) is 4.39 Å². The smallest absolute Gasteiger partial charge is 0.123 e. The molecule has 1 unspecified atom stereocenters. The Bertz CT molecular complexity index is 676. The maximum absolute atomic E-state index is 13.0. The monoisotopic (exact) mass is 288 g/mol.